The van der Waals surface area contributed by atoms with Gasteiger partial charge in [-0.15, -0.1) is 0 Å². The summed E-state index contributed by atoms with van der Waals surface area (Å²) in [5.74, 6) is 0.561. The molecule has 2 atom stereocenters. The fourth-order valence-corrected chi connectivity index (χ4v) is 2.67. The molecule has 3 heteroatoms. The highest BCUT2D eigenvalue weighted by Gasteiger charge is 2.24. The van der Waals surface area contributed by atoms with Crippen molar-refractivity contribution in [3.63, 3.8) is 0 Å². The van der Waals surface area contributed by atoms with Crippen LogP contribution in [0.4, 0.5) is 4.39 Å². The van der Waals surface area contributed by atoms with Gasteiger partial charge in [-0.25, -0.2) is 4.39 Å². The van der Waals surface area contributed by atoms with Crippen LogP contribution in [0, 0.1) is 5.82 Å². The second-order valence-corrected chi connectivity index (χ2v) is 5.31. The van der Waals surface area contributed by atoms with Crippen LogP contribution in [0.5, 0.6) is 5.75 Å². The number of halogens is 1. The van der Waals surface area contributed by atoms with E-state index >= 15 is 0 Å². The SMILES string of the molecule is CCCNC1CCCCCC1Oc1ccc(F)cc1. The average Bonchev–Trinajstić information content (AvgIpc) is 2.64. The van der Waals surface area contributed by atoms with Crippen LogP contribution in [0.15, 0.2) is 24.3 Å². The van der Waals surface area contributed by atoms with E-state index in [1.165, 1.54) is 37.8 Å². The molecule has 2 rings (SSSR count). The summed E-state index contributed by atoms with van der Waals surface area (Å²) in [5, 5.41) is 3.59. The molecule has 0 aliphatic heterocycles. The minimum Gasteiger partial charge on any atom is -0.489 e. The van der Waals surface area contributed by atoms with Crippen molar-refractivity contribution in [3.05, 3.63) is 30.1 Å². The summed E-state index contributed by atoms with van der Waals surface area (Å²) < 4.78 is 19.0. The molecule has 1 fully saturated rings. The third-order valence-electron chi connectivity index (χ3n) is 3.71. The fraction of sp³-hybridized carbons (Fsp3) is 0.625. The molecule has 1 aliphatic rings. The lowest BCUT2D eigenvalue weighted by atomic mass is 10.1. The highest BCUT2D eigenvalue weighted by Crippen LogP contribution is 2.23. The van der Waals surface area contributed by atoms with Crippen LogP contribution >= 0.6 is 0 Å². The molecule has 0 bridgehead atoms. The Morgan fingerprint density at radius 2 is 1.89 bits per heavy atom. The maximum Gasteiger partial charge on any atom is 0.123 e. The molecule has 1 aromatic rings. The molecule has 0 radical (unpaired) electrons. The summed E-state index contributed by atoms with van der Waals surface area (Å²) >= 11 is 0. The number of ether oxygens (including phenoxy) is 1. The lowest BCUT2D eigenvalue weighted by Crippen LogP contribution is -2.42. The molecule has 2 unspecified atom stereocenters. The normalized spacial score (nSPS) is 23.9. The maximum atomic E-state index is 12.9. The van der Waals surface area contributed by atoms with Crippen molar-refractivity contribution in [2.75, 3.05) is 6.54 Å². The van der Waals surface area contributed by atoms with Crippen molar-refractivity contribution in [1.82, 2.24) is 5.32 Å². The standard InChI is InChI=1S/C16H24FNO/c1-2-12-18-15-6-4-3-5-7-16(15)19-14-10-8-13(17)9-11-14/h8-11,15-16,18H,2-7,12H2,1H3. The first kappa shape index (κ1) is 14.3. The summed E-state index contributed by atoms with van der Waals surface area (Å²) in [6.45, 7) is 3.22. The summed E-state index contributed by atoms with van der Waals surface area (Å²) in [6, 6.07) is 6.78. The smallest absolute Gasteiger partial charge is 0.123 e. The largest absolute Gasteiger partial charge is 0.489 e. The first-order valence-corrected chi connectivity index (χ1v) is 7.45. The zero-order valence-corrected chi connectivity index (χ0v) is 11.7. The summed E-state index contributed by atoms with van der Waals surface area (Å²) in [7, 11) is 0. The van der Waals surface area contributed by atoms with Crippen LogP contribution in [0.1, 0.15) is 45.4 Å². The number of nitrogens with one attached hydrogen (secondary N) is 1. The zero-order chi connectivity index (χ0) is 13.5. The fourth-order valence-electron chi connectivity index (χ4n) is 2.67. The highest BCUT2D eigenvalue weighted by molar-refractivity contribution is 5.22. The monoisotopic (exact) mass is 265 g/mol. The summed E-state index contributed by atoms with van der Waals surface area (Å²) in [4.78, 5) is 0. The molecule has 2 nitrogen and oxygen atoms in total. The molecule has 1 saturated carbocycles. The first-order valence-electron chi connectivity index (χ1n) is 7.45. The molecule has 0 saturated heterocycles. The van der Waals surface area contributed by atoms with E-state index in [0.29, 0.717) is 6.04 Å². The lowest BCUT2D eigenvalue weighted by molar-refractivity contribution is 0.144. The summed E-state index contributed by atoms with van der Waals surface area (Å²) in [6.07, 6.45) is 7.37. The van der Waals surface area contributed by atoms with E-state index in [2.05, 4.69) is 12.2 Å². The third-order valence-corrected chi connectivity index (χ3v) is 3.71. The summed E-state index contributed by atoms with van der Waals surface area (Å²) in [5.41, 5.74) is 0. The van der Waals surface area contributed by atoms with Gasteiger partial charge in [-0.1, -0.05) is 19.8 Å². The second-order valence-electron chi connectivity index (χ2n) is 5.31. The van der Waals surface area contributed by atoms with E-state index in [-0.39, 0.29) is 11.9 Å². The van der Waals surface area contributed by atoms with Gasteiger partial charge in [0, 0.05) is 6.04 Å². The van der Waals surface area contributed by atoms with Crippen molar-refractivity contribution in [2.45, 2.75) is 57.6 Å². The Morgan fingerprint density at radius 3 is 2.63 bits per heavy atom. The maximum absolute atomic E-state index is 12.9. The van der Waals surface area contributed by atoms with Crippen LogP contribution in [0.25, 0.3) is 0 Å². The van der Waals surface area contributed by atoms with Crippen LogP contribution in [-0.2, 0) is 0 Å². The molecule has 1 aliphatic carbocycles. The van der Waals surface area contributed by atoms with Gasteiger partial charge in [0.15, 0.2) is 0 Å². The van der Waals surface area contributed by atoms with E-state index < -0.39 is 0 Å². The van der Waals surface area contributed by atoms with Crippen molar-refractivity contribution in [1.29, 1.82) is 0 Å². The Kier molecular flexibility index (Phi) is 5.64. The van der Waals surface area contributed by atoms with Gasteiger partial charge in [-0.2, -0.15) is 0 Å². The number of benzene rings is 1. The van der Waals surface area contributed by atoms with Gasteiger partial charge in [0.05, 0.1) is 0 Å². The lowest BCUT2D eigenvalue weighted by Gasteiger charge is -2.27. The van der Waals surface area contributed by atoms with Gasteiger partial charge in [-0.3, -0.25) is 0 Å². The Balaban J connectivity index is 1.98. The van der Waals surface area contributed by atoms with Gasteiger partial charge >= 0.3 is 0 Å². The molecule has 0 amide bonds. The molecule has 1 N–H and O–H groups in total. The number of rotatable bonds is 5. The van der Waals surface area contributed by atoms with E-state index in [9.17, 15) is 4.39 Å². The van der Waals surface area contributed by atoms with E-state index in [0.717, 1.165) is 25.1 Å². The minimum atomic E-state index is -0.214. The molecular weight excluding hydrogens is 241 g/mol. The van der Waals surface area contributed by atoms with Crippen LogP contribution in [0.3, 0.4) is 0 Å². The molecule has 0 spiro atoms. The van der Waals surface area contributed by atoms with Crippen molar-refractivity contribution >= 4 is 0 Å². The zero-order valence-electron chi connectivity index (χ0n) is 11.7. The topological polar surface area (TPSA) is 21.3 Å². The number of hydrogen-bond donors (Lipinski definition) is 1. The molecule has 0 heterocycles. The average molecular weight is 265 g/mol. The molecule has 19 heavy (non-hydrogen) atoms. The van der Waals surface area contributed by atoms with E-state index in [1.807, 2.05) is 0 Å². The van der Waals surface area contributed by atoms with Crippen LogP contribution in [0.2, 0.25) is 0 Å². The van der Waals surface area contributed by atoms with Gasteiger partial charge in [0.25, 0.3) is 0 Å². The Hall–Kier alpha value is -1.09. The van der Waals surface area contributed by atoms with E-state index in [1.54, 1.807) is 12.1 Å². The van der Waals surface area contributed by atoms with Gasteiger partial charge in [-0.05, 0) is 56.5 Å². The molecule has 0 aromatic heterocycles. The first-order chi connectivity index (χ1) is 9.29. The predicted octanol–water partition coefficient (Wildman–Crippen LogP) is 3.91. The highest BCUT2D eigenvalue weighted by atomic mass is 19.1. The van der Waals surface area contributed by atoms with Gasteiger partial charge < -0.3 is 10.1 Å². The van der Waals surface area contributed by atoms with Gasteiger partial charge in [0.1, 0.15) is 17.7 Å². The number of hydrogen-bond acceptors (Lipinski definition) is 2. The van der Waals surface area contributed by atoms with Crippen LogP contribution in [-0.4, -0.2) is 18.7 Å². The van der Waals surface area contributed by atoms with Crippen molar-refractivity contribution in [3.8, 4) is 5.75 Å². The second kappa shape index (κ2) is 7.49. The van der Waals surface area contributed by atoms with Crippen molar-refractivity contribution in [2.24, 2.45) is 0 Å². The molecular formula is C16H24FNO. The van der Waals surface area contributed by atoms with Gasteiger partial charge in [0.2, 0.25) is 0 Å². The molecule has 106 valence electrons. The van der Waals surface area contributed by atoms with Crippen LogP contribution < -0.4 is 10.1 Å². The Morgan fingerprint density at radius 1 is 1.16 bits per heavy atom. The Bertz CT molecular complexity index is 366. The quantitative estimate of drug-likeness (QED) is 0.815. The predicted molar refractivity (Wildman–Crippen MR) is 76.0 cm³/mol. The minimum absolute atomic E-state index is 0.208. The van der Waals surface area contributed by atoms with Crippen molar-refractivity contribution < 1.29 is 9.13 Å². The molecule has 1 aromatic carbocycles. The third kappa shape index (κ3) is 4.50. The van der Waals surface area contributed by atoms with E-state index in [4.69, 9.17) is 4.74 Å². The Labute approximate surface area is 115 Å².